The minimum absolute atomic E-state index is 0.331. The number of amides is 1. The topological polar surface area (TPSA) is 54.0 Å². The first kappa shape index (κ1) is 19.2. The molecule has 2 saturated heterocycles. The van der Waals surface area contributed by atoms with Gasteiger partial charge in [0.05, 0.1) is 11.4 Å². The fraction of sp³-hybridized carbons (Fsp3) is 0.458. The van der Waals surface area contributed by atoms with E-state index in [-0.39, 0.29) is 6.09 Å². The van der Waals surface area contributed by atoms with Gasteiger partial charge in [-0.05, 0) is 63.8 Å². The largest absolute Gasteiger partial charge is 0.453 e. The Labute approximate surface area is 177 Å². The fourth-order valence-electron chi connectivity index (χ4n) is 5.11. The van der Waals surface area contributed by atoms with Gasteiger partial charge in [0.1, 0.15) is 5.75 Å². The van der Waals surface area contributed by atoms with Crippen molar-refractivity contribution in [2.24, 2.45) is 0 Å². The monoisotopic (exact) mass is 407 g/mol. The van der Waals surface area contributed by atoms with Crippen LogP contribution in [0.25, 0.3) is 0 Å². The van der Waals surface area contributed by atoms with Crippen LogP contribution in [0.5, 0.6) is 17.2 Å². The first-order valence-electron chi connectivity index (χ1n) is 11.1. The zero-order chi connectivity index (χ0) is 20.7. The third-order valence-corrected chi connectivity index (χ3v) is 6.58. The number of benzene rings is 2. The van der Waals surface area contributed by atoms with Crippen molar-refractivity contribution in [3.63, 3.8) is 0 Å². The lowest BCUT2D eigenvalue weighted by Crippen LogP contribution is -2.47. The van der Waals surface area contributed by atoms with Crippen LogP contribution < -0.4 is 19.7 Å². The molecule has 0 aliphatic carbocycles. The third-order valence-electron chi connectivity index (χ3n) is 6.58. The Morgan fingerprint density at radius 1 is 1.07 bits per heavy atom. The van der Waals surface area contributed by atoms with E-state index in [0.29, 0.717) is 37.0 Å². The highest BCUT2D eigenvalue weighted by molar-refractivity contribution is 5.80. The molecule has 158 valence electrons. The summed E-state index contributed by atoms with van der Waals surface area (Å²) in [5, 5.41) is 3.74. The van der Waals surface area contributed by atoms with E-state index in [1.807, 2.05) is 44.2 Å². The maximum absolute atomic E-state index is 12.4. The first-order valence-corrected chi connectivity index (χ1v) is 11.1. The number of hydrogen-bond acceptors (Lipinski definition) is 5. The van der Waals surface area contributed by atoms with Crippen molar-refractivity contribution >= 4 is 17.5 Å². The second-order valence-corrected chi connectivity index (χ2v) is 8.37. The van der Waals surface area contributed by atoms with Gasteiger partial charge >= 0.3 is 6.09 Å². The third kappa shape index (κ3) is 3.39. The number of carbonyl (C=O) groups is 1. The Balaban J connectivity index is 1.47. The van der Waals surface area contributed by atoms with Gasteiger partial charge in [0.15, 0.2) is 11.5 Å². The second-order valence-electron chi connectivity index (χ2n) is 8.37. The summed E-state index contributed by atoms with van der Waals surface area (Å²) in [7, 11) is 0. The van der Waals surface area contributed by atoms with Crippen molar-refractivity contribution in [3.05, 3.63) is 42.5 Å². The summed E-state index contributed by atoms with van der Waals surface area (Å²) in [6.07, 6.45) is 4.45. The number of fused-ring (bicyclic) bond motifs is 4. The molecule has 2 fully saturated rings. The predicted octanol–water partition coefficient (Wildman–Crippen LogP) is 5.05. The Bertz CT molecular complexity index is 931. The molecular formula is C24H29N3O3. The first-order chi connectivity index (χ1) is 14.7. The summed E-state index contributed by atoms with van der Waals surface area (Å²) in [4.78, 5) is 16.5. The number of para-hydroxylation sites is 2. The highest BCUT2D eigenvalue weighted by Crippen LogP contribution is 2.50. The van der Waals surface area contributed by atoms with E-state index in [1.165, 1.54) is 12.8 Å². The Kier molecular flexibility index (Phi) is 5.03. The molecule has 1 amide bonds. The maximum Gasteiger partial charge on any atom is 0.415 e. The molecule has 30 heavy (non-hydrogen) atoms. The molecule has 0 aromatic heterocycles. The van der Waals surface area contributed by atoms with E-state index in [9.17, 15) is 4.79 Å². The second kappa shape index (κ2) is 7.84. The van der Waals surface area contributed by atoms with Gasteiger partial charge in [0.25, 0.3) is 0 Å². The van der Waals surface area contributed by atoms with E-state index < -0.39 is 0 Å². The minimum atomic E-state index is -0.331. The molecule has 5 rings (SSSR count). The zero-order valence-electron chi connectivity index (χ0n) is 17.6. The van der Waals surface area contributed by atoms with Gasteiger partial charge in [0, 0.05) is 37.3 Å². The van der Waals surface area contributed by atoms with Crippen LogP contribution in [-0.2, 0) is 0 Å². The molecule has 2 aromatic carbocycles. The van der Waals surface area contributed by atoms with Gasteiger partial charge < -0.3 is 24.6 Å². The molecule has 2 bridgehead atoms. The van der Waals surface area contributed by atoms with Crippen LogP contribution in [0.1, 0.15) is 39.5 Å². The average Bonchev–Trinajstić information content (AvgIpc) is 3.10. The molecule has 1 N–H and O–H groups in total. The molecule has 3 aliphatic heterocycles. The van der Waals surface area contributed by atoms with Crippen LogP contribution in [0.3, 0.4) is 0 Å². The number of carbonyl (C=O) groups excluding carboxylic acids is 1. The molecule has 0 radical (unpaired) electrons. The van der Waals surface area contributed by atoms with Crippen molar-refractivity contribution in [3.8, 4) is 17.2 Å². The molecule has 0 spiro atoms. The van der Waals surface area contributed by atoms with Crippen molar-refractivity contribution in [2.45, 2.75) is 57.7 Å². The van der Waals surface area contributed by atoms with Crippen molar-refractivity contribution < 1.29 is 14.3 Å². The van der Waals surface area contributed by atoms with E-state index in [2.05, 4.69) is 22.3 Å². The summed E-state index contributed by atoms with van der Waals surface area (Å²) in [6.45, 7) is 5.13. The van der Waals surface area contributed by atoms with Crippen molar-refractivity contribution in [2.75, 3.05) is 18.0 Å². The number of ether oxygens (including phenoxy) is 2. The van der Waals surface area contributed by atoms with Gasteiger partial charge in [-0.15, -0.1) is 0 Å². The number of nitrogens with one attached hydrogen (secondary N) is 1. The van der Waals surface area contributed by atoms with Gasteiger partial charge in [-0.1, -0.05) is 12.1 Å². The van der Waals surface area contributed by atoms with E-state index >= 15 is 0 Å². The summed E-state index contributed by atoms with van der Waals surface area (Å²) < 4.78 is 11.9. The number of rotatable bonds is 4. The molecular weight excluding hydrogens is 378 g/mol. The summed E-state index contributed by atoms with van der Waals surface area (Å²) in [6, 6.07) is 15.6. The number of hydrogen-bond donors (Lipinski definition) is 1. The average molecular weight is 408 g/mol. The van der Waals surface area contributed by atoms with Gasteiger partial charge in [-0.25, -0.2) is 4.79 Å². The maximum atomic E-state index is 12.4. The van der Waals surface area contributed by atoms with Gasteiger partial charge in [-0.2, -0.15) is 0 Å². The van der Waals surface area contributed by atoms with Crippen LogP contribution in [-0.4, -0.2) is 42.2 Å². The van der Waals surface area contributed by atoms with Crippen LogP contribution >= 0.6 is 0 Å². The number of piperidine rings is 1. The molecule has 3 heterocycles. The SMILES string of the molecule is CCN(CC)C(=O)Oc1ccc2c(c1)Oc1ccccc1N2C1CC2CCC(C1)N2. The van der Waals surface area contributed by atoms with Crippen LogP contribution in [0.2, 0.25) is 0 Å². The molecule has 6 heteroatoms. The highest BCUT2D eigenvalue weighted by Gasteiger charge is 2.39. The lowest BCUT2D eigenvalue weighted by molar-refractivity contribution is 0.157. The normalized spacial score (nSPS) is 23.9. The standard InChI is InChI=1S/C24H29N3O3/c1-3-26(4-2)24(28)29-19-11-12-21-23(15-19)30-22-8-6-5-7-20(22)27(21)18-13-16-9-10-17(14-18)25-16/h5-8,11-12,15-18,25H,3-4,9-10,13-14H2,1-2H3. The van der Waals surface area contributed by atoms with Gasteiger partial charge in [0.2, 0.25) is 0 Å². The quantitative estimate of drug-likeness (QED) is 0.768. The van der Waals surface area contributed by atoms with Crippen LogP contribution in [0, 0.1) is 0 Å². The number of nitrogens with zero attached hydrogens (tertiary/aromatic N) is 2. The van der Waals surface area contributed by atoms with Crippen molar-refractivity contribution in [1.82, 2.24) is 10.2 Å². The van der Waals surface area contributed by atoms with E-state index in [1.54, 1.807) is 4.90 Å². The summed E-state index contributed by atoms with van der Waals surface area (Å²) in [5.74, 6) is 2.10. The van der Waals surface area contributed by atoms with Crippen LogP contribution in [0.15, 0.2) is 42.5 Å². The minimum Gasteiger partial charge on any atom is -0.453 e. The Morgan fingerprint density at radius 2 is 1.77 bits per heavy atom. The lowest BCUT2D eigenvalue weighted by atomic mass is 9.96. The summed E-state index contributed by atoms with van der Waals surface area (Å²) >= 11 is 0. The summed E-state index contributed by atoms with van der Waals surface area (Å²) in [5.41, 5.74) is 2.16. The smallest absolute Gasteiger partial charge is 0.415 e. The Hall–Kier alpha value is -2.73. The predicted molar refractivity (Wildman–Crippen MR) is 117 cm³/mol. The molecule has 3 aliphatic rings. The van der Waals surface area contributed by atoms with Crippen LogP contribution in [0.4, 0.5) is 16.2 Å². The van der Waals surface area contributed by atoms with Crippen molar-refractivity contribution in [1.29, 1.82) is 0 Å². The number of anilines is 2. The lowest BCUT2D eigenvalue weighted by Gasteiger charge is -2.42. The zero-order valence-corrected chi connectivity index (χ0v) is 17.6. The van der Waals surface area contributed by atoms with Gasteiger partial charge in [-0.3, -0.25) is 0 Å². The molecule has 2 atom stereocenters. The molecule has 2 unspecified atom stereocenters. The molecule has 6 nitrogen and oxygen atoms in total. The van der Waals surface area contributed by atoms with E-state index in [4.69, 9.17) is 9.47 Å². The molecule has 0 saturated carbocycles. The fourth-order valence-corrected chi connectivity index (χ4v) is 5.11. The Morgan fingerprint density at radius 3 is 2.50 bits per heavy atom. The highest BCUT2D eigenvalue weighted by atomic mass is 16.6. The van der Waals surface area contributed by atoms with E-state index in [0.717, 1.165) is 35.7 Å². The molecule has 2 aromatic rings.